The van der Waals surface area contributed by atoms with Gasteiger partial charge in [0.2, 0.25) is 5.75 Å². The van der Waals surface area contributed by atoms with Gasteiger partial charge in [-0.05, 0) is 48.7 Å². The summed E-state index contributed by atoms with van der Waals surface area (Å²) in [4.78, 5) is 15.2. The average Bonchev–Trinajstić information content (AvgIpc) is 3.19. The van der Waals surface area contributed by atoms with Crippen LogP contribution in [-0.4, -0.2) is 64.7 Å². The molecule has 1 atom stereocenters. The molecule has 0 aromatic heterocycles. The number of ether oxygens (including phenoxy) is 4. The number of nitrogens with zero attached hydrogens (tertiary/aromatic N) is 1. The van der Waals surface area contributed by atoms with Gasteiger partial charge in [0.1, 0.15) is 5.75 Å². The van der Waals surface area contributed by atoms with Gasteiger partial charge < -0.3 is 23.8 Å². The normalized spacial score (nSPS) is 16.8. The largest absolute Gasteiger partial charge is 0.494 e. The fourth-order valence-electron chi connectivity index (χ4n) is 3.92. The quantitative estimate of drug-likeness (QED) is 0.518. The third-order valence-electron chi connectivity index (χ3n) is 5.54. The van der Waals surface area contributed by atoms with Crippen LogP contribution in [0.15, 0.2) is 36.4 Å². The number of carbonyl (C=O) groups is 1. The van der Waals surface area contributed by atoms with Gasteiger partial charge in [0.25, 0.3) is 5.91 Å². The first-order valence-electron chi connectivity index (χ1n) is 10.8. The number of rotatable bonds is 10. The van der Waals surface area contributed by atoms with Crippen LogP contribution in [0.25, 0.3) is 0 Å². The van der Waals surface area contributed by atoms with E-state index in [-0.39, 0.29) is 24.0 Å². The van der Waals surface area contributed by atoms with Crippen LogP contribution >= 0.6 is 0 Å². The summed E-state index contributed by atoms with van der Waals surface area (Å²) in [5.74, 6) is 1.74. The molecule has 180 valence electrons. The van der Waals surface area contributed by atoms with Gasteiger partial charge in [-0.25, -0.2) is 8.42 Å². The fraction of sp³-hybridized carbons (Fsp3) is 0.458. The number of sulfone groups is 1. The lowest BCUT2D eigenvalue weighted by Gasteiger charge is -2.29. The molecule has 0 spiro atoms. The summed E-state index contributed by atoms with van der Waals surface area (Å²) in [5, 5.41) is 0. The summed E-state index contributed by atoms with van der Waals surface area (Å²) < 4.78 is 46.3. The minimum atomic E-state index is -3.19. The van der Waals surface area contributed by atoms with Crippen LogP contribution < -0.4 is 18.9 Å². The summed E-state index contributed by atoms with van der Waals surface area (Å²) in [7, 11) is 1.37. The Bertz CT molecular complexity index is 1060. The lowest BCUT2D eigenvalue weighted by atomic mass is 10.1. The van der Waals surface area contributed by atoms with Crippen molar-refractivity contribution in [3.8, 4) is 23.0 Å². The molecule has 0 N–H and O–H groups in total. The average molecular weight is 478 g/mol. The number of methoxy groups -OCH3 is 3. The van der Waals surface area contributed by atoms with Crippen LogP contribution in [0.3, 0.4) is 0 Å². The lowest BCUT2D eigenvalue weighted by Crippen LogP contribution is -2.40. The summed E-state index contributed by atoms with van der Waals surface area (Å²) in [6, 6.07) is 10.1. The molecule has 1 fully saturated rings. The Morgan fingerprint density at radius 3 is 2.30 bits per heavy atom. The summed E-state index contributed by atoms with van der Waals surface area (Å²) in [6.07, 6.45) is 1.25. The highest BCUT2D eigenvalue weighted by Crippen LogP contribution is 2.39. The van der Waals surface area contributed by atoms with Crippen molar-refractivity contribution in [1.82, 2.24) is 4.90 Å². The number of hydrogen-bond acceptors (Lipinski definition) is 7. The number of hydrogen-bond donors (Lipinski definition) is 0. The first kappa shape index (κ1) is 24.7. The molecule has 1 saturated heterocycles. The first-order chi connectivity index (χ1) is 15.8. The Balaban J connectivity index is 1.97. The van der Waals surface area contributed by atoms with E-state index in [0.717, 1.165) is 12.0 Å². The zero-order chi connectivity index (χ0) is 24.0. The molecule has 0 unspecified atom stereocenters. The Morgan fingerprint density at radius 1 is 1.06 bits per heavy atom. The Kier molecular flexibility index (Phi) is 8.07. The molecular formula is C24H31NO7S. The van der Waals surface area contributed by atoms with E-state index >= 15 is 0 Å². The maximum Gasteiger partial charge on any atom is 0.254 e. The number of carbonyl (C=O) groups excluding carboxylic acids is 1. The van der Waals surface area contributed by atoms with Gasteiger partial charge in [0.05, 0.1) is 39.4 Å². The van der Waals surface area contributed by atoms with E-state index in [9.17, 15) is 13.2 Å². The zero-order valence-corrected chi connectivity index (χ0v) is 20.3. The summed E-state index contributed by atoms with van der Waals surface area (Å²) in [6.45, 7) is 2.75. The van der Waals surface area contributed by atoms with Crippen molar-refractivity contribution >= 4 is 15.7 Å². The van der Waals surface area contributed by atoms with E-state index < -0.39 is 15.9 Å². The van der Waals surface area contributed by atoms with Crippen molar-refractivity contribution < 1.29 is 32.2 Å². The molecule has 1 aliphatic rings. The van der Waals surface area contributed by atoms with E-state index in [1.54, 1.807) is 41.3 Å². The molecule has 3 rings (SSSR count). The molecule has 2 aromatic carbocycles. The molecule has 0 bridgehead atoms. The van der Waals surface area contributed by atoms with Crippen molar-refractivity contribution in [3.05, 3.63) is 47.5 Å². The van der Waals surface area contributed by atoms with Crippen molar-refractivity contribution in [3.63, 3.8) is 0 Å². The van der Waals surface area contributed by atoms with E-state index in [1.165, 1.54) is 21.3 Å². The molecule has 2 aromatic rings. The van der Waals surface area contributed by atoms with Gasteiger partial charge in [-0.1, -0.05) is 13.0 Å². The molecule has 0 saturated carbocycles. The second-order valence-electron chi connectivity index (χ2n) is 7.90. The highest BCUT2D eigenvalue weighted by molar-refractivity contribution is 7.91. The molecule has 9 heteroatoms. The van der Waals surface area contributed by atoms with E-state index in [1.807, 2.05) is 6.92 Å². The second kappa shape index (κ2) is 10.8. The minimum absolute atomic E-state index is 0.0603. The standard InChI is InChI=1S/C24H31NO7S/c1-5-10-32-20-8-6-7-18(14-20)24(26)25(19-9-11-33(27,28)16-19)15-17-12-21(29-2)23(31-4)22(13-17)30-3/h6-8,12-14,19H,5,9-11,15-16H2,1-4H3/t19-/m1/s1. The summed E-state index contributed by atoms with van der Waals surface area (Å²) in [5.41, 5.74) is 1.18. The van der Waals surface area contributed by atoms with E-state index in [2.05, 4.69) is 0 Å². The van der Waals surface area contributed by atoms with Crippen molar-refractivity contribution in [2.45, 2.75) is 32.4 Å². The van der Waals surface area contributed by atoms with E-state index in [4.69, 9.17) is 18.9 Å². The van der Waals surface area contributed by atoms with Crippen molar-refractivity contribution in [2.75, 3.05) is 39.4 Å². The summed E-state index contributed by atoms with van der Waals surface area (Å²) >= 11 is 0. The molecule has 1 amide bonds. The van der Waals surface area contributed by atoms with Crippen LogP contribution in [0.2, 0.25) is 0 Å². The molecule has 1 aliphatic heterocycles. The van der Waals surface area contributed by atoms with Gasteiger partial charge >= 0.3 is 0 Å². The minimum Gasteiger partial charge on any atom is -0.494 e. The molecule has 0 radical (unpaired) electrons. The molecular weight excluding hydrogens is 446 g/mol. The Labute approximate surface area is 195 Å². The molecule has 1 heterocycles. The van der Waals surface area contributed by atoms with Crippen molar-refractivity contribution in [1.29, 1.82) is 0 Å². The van der Waals surface area contributed by atoms with E-state index in [0.29, 0.717) is 41.6 Å². The maximum atomic E-state index is 13.6. The Morgan fingerprint density at radius 2 is 1.76 bits per heavy atom. The predicted octanol–water partition coefficient (Wildman–Crippen LogP) is 3.33. The highest BCUT2D eigenvalue weighted by Gasteiger charge is 2.35. The second-order valence-corrected chi connectivity index (χ2v) is 10.1. The topological polar surface area (TPSA) is 91.4 Å². The molecule has 8 nitrogen and oxygen atoms in total. The van der Waals surface area contributed by atoms with Crippen LogP contribution in [0.1, 0.15) is 35.7 Å². The number of benzene rings is 2. The first-order valence-corrected chi connectivity index (χ1v) is 12.7. The Hall–Kier alpha value is -2.94. The SMILES string of the molecule is CCCOc1cccc(C(=O)N(Cc2cc(OC)c(OC)c(OC)c2)[C@@H]2CCS(=O)(=O)C2)c1. The lowest BCUT2D eigenvalue weighted by molar-refractivity contribution is 0.0680. The van der Waals surface area contributed by atoms with Gasteiger partial charge in [0, 0.05) is 18.2 Å². The maximum absolute atomic E-state index is 13.6. The predicted molar refractivity (Wildman–Crippen MR) is 125 cm³/mol. The van der Waals surface area contributed by atoms with Crippen LogP contribution in [0.4, 0.5) is 0 Å². The van der Waals surface area contributed by atoms with Gasteiger partial charge in [-0.15, -0.1) is 0 Å². The van der Waals surface area contributed by atoms with Crippen LogP contribution in [0.5, 0.6) is 23.0 Å². The molecule has 0 aliphatic carbocycles. The monoisotopic (exact) mass is 477 g/mol. The van der Waals surface area contributed by atoms with Crippen molar-refractivity contribution in [2.24, 2.45) is 0 Å². The molecule has 33 heavy (non-hydrogen) atoms. The smallest absolute Gasteiger partial charge is 0.254 e. The third-order valence-corrected chi connectivity index (χ3v) is 7.29. The van der Waals surface area contributed by atoms with Gasteiger partial charge in [-0.3, -0.25) is 4.79 Å². The van der Waals surface area contributed by atoms with Crippen LogP contribution in [0, 0.1) is 0 Å². The zero-order valence-electron chi connectivity index (χ0n) is 19.5. The third kappa shape index (κ3) is 5.90. The van der Waals surface area contributed by atoms with Gasteiger partial charge in [-0.2, -0.15) is 0 Å². The number of amides is 1. The van der Waals surface area contributed by atoms with Gasteiger partial charge in [0.15, 0.2) is 21.3 Å². The highest BCUT2D eigenvalue weighted by atomic mass is 32.2. The van der Waals surface area contributed by atoms with Crippen LogP contribution in [-0.2, 0) is 16.4 Å². The fourth-order valence-corrected chi connectivity index (χ4v) is 5.65.